The van der Waals surface area contributed by atoms with Gasteiger partial charge in [-0.2, -0.15) is 0 Å². The monoisotopic (exact) mass is 457 g/mol. The maximum absolute atomic E-state index is 13.3. The summed E-state index contributed by atoms with van der Waals surface area (Å²) in [5.74, 6) is 2.23. The third-order valence-electron chi connectivity index (χ3n) is 6.21. The van der Waals surface area contributed by atoms with Crippen molar-refractivity contribution in [3.05, 3.63) is 41.3 Å². The summed E-state index contributed by atoms with van der Waals surface area (Å²) >= 11 is 0. The second kappa shape index (κ2) is 11.5. The van der Waals surface area contributed by atoms with Gasteiger partial charge in [-0.05, 0) is 38.8 Å². The van der Waals surface area contributed by atoms with Gasteiger partial charge in [-0.3, -0.25) is 9.69 Å². The van der Waals surface area contributed by atoms with Gasteiger partial charge in [-0.25, -0.2) is 0 Å². The van der Waals surface area contributed by atoms with E-state index in [1.165, 1.54) is 0 Å². The van der Waals surface area contributed by atoms with Crippen molar-refractivity contribution in [1.82, 2.24) is 15.0 Å². The van der Waals surface area contributed by atoms with Crippen molar-refractivity contribution in [1.29, 1.82) is 0 Å². The number of ether oxygens (including phenoxy) is 3. The average molecular weight is 458 g/mol. The van der Waals surface area contributed by atoms with Crippen molar-refractivity contribution in [2.24, 2.45) is 0 Å². The molecule has 0 spiro atoms. The lowest BCUT2D eigenvalue weighted by Gasteiger charge is -2.30. The van der Waals surface area contributed by atoms with Gasteiger partial charge in [0.15, 0.2) is 17.2 Å². The first kappa shape index (κ1) is 23.6. The van der Waals surface area contributed by atoms with Crippen molar-refractivity contribution in [2.45, 2.75) is 52.1 Å². The molecule has 2 aliphatic heterocycles. The highest BCUT2D eigenvalue weighted by molar-refractivity contribution is 5.92. The number of hydrogen-bond donors (Lipinski definition) is 0. The number of rotatable bonds is 5. The molecule has 2 aliphatic rings. The molecule has 1 aromatic carbocycles. The van der Waals surface area contributed by atoms with Gasteiger partial charge in [0.25, 0.3) is 5.91 Å². The van der Waals surface area contributed by atoms with Crippen LogP contribution < -0.4 is 9.47 Å². The van der Waals surface area contributed by atoms with E-state index in [2.05, 4.69) is 23.0 Å². The number of amides is 1. The van der Waals surface area contributed by atoms with Crippen LogP contribution in [0.2, 0.25) is 0 Å². The number of aryl methyl sites for hydroxylation is 1. The first-order valence-electron chi connectivity index (χ1n) is 12.1. The summed E-state index contributed by atoms with van der Waals surface area (Å²) in [5, 5.41) is 4.04. The summed E-state index contributed by atoms with van der Waals surface area (Å²) in [6.45, 7) is 8.86. The summed E-state index contributed by atoms with van der Waals surface area (Å²) in [4.78, 5) is 17.6. The van der Waals surface area contributed by atoms with Gasteiger partial charge in [0, 0.05) is 43.7 Å². The third-order valence-corrected chi connectivity index (χ3v) is 6.21. The van der Waals surface area contributed by atoms with Gasteiger partial charge in [0.05, 0.1) is 19.8 Å². The van der Waals surface area contributed by atoms with Crippen LogP contribution in [0.25, 0.3) is 0 Å². The predicted molar refractivity (Wildman–Crippen MR) is 124 cm³/mol. The molecule has 3 heterocycles. The summed E-state index contributed by atoms with van der Waals surface area (Å²) in [6, 6.07) is 8.11. The Morgan fingerprint density at radius 1 is 1.21 bits per heavy atom. The van der Waals surface area contributed by atoms with Crippen molar-refractivity contribution < 1.29 is 23.5 Å². The number of carbonyl (C=O) groups is 1. The van der Waals surface area contributed by atoms with E-state index < -0.39 is 0 Å². The smallest absolute Gasteiger partial charge is 0.276 e. The molecule has 1 fully saturated rings. The highest BCUT2D eigenvalue weighted by atomic mass is 16.5. The van der Waals surface area contributed by atoms with Crippen molar-refractivity contribution in [3.8, 4) is 11.5 Å². The van der Waals surface area contributed by atoms with Gasteiger partial charge in [0.2, 0.25) is 0 Å². The maximum atomic E-state index is 13.3. The van der Waals surface area contributed by atoms with E-state index in [0.717, 1.165) is 61.6 Å². The number of carbonyl (C=O) groups excluding carboxylic acids is 1. The molecule has 0 bridgehead atoms. The summed E-state index contributed by atoms with van der Waals surface area (Å²) in [7, 11) is 0. The Kier molecular flexibility index (Phi) is 8.23. The van der Waals surface area contributed by atoms with Crippen LogP contribution in [-0.4, -0.2) is 73.0 Å². The Hall–Kier alpha value is -2.58. The predicted octanol–water partition coefficient (Wildman–Crippen LogP) is 3.54. The lowest BCUT2D eigenvalue weighted by Crippen LogP contribution is -2.44. The minimum Gasteiger partial charge on any atom is -0.490 e. The van der Waals surface area contributed by atoms with Crippen LogP contribution >= 0.6 is 0 Å². The largest absolute Gasteiger partial charge is 0.490 e. The Labute approximate surface area is 195 Å². The molecule has 1 aromatic heterocycles. The normalized spacial score (nSPS) is 20.1. The molecule has 0 saturated carbocycles. The highest BCUT2D eigenvalue weighted by Gasteiger charge is 2.30. The van der Waals surface area contributed by atoms with Gasteiger partial charge >= 0.3 is 0 Å². The van der Waals surface area contributed by atoms with E-state index in [9.17, 15) is 4.79 Å². The first-order chi connectivity index (χ1) is 16.2. The molecule has 1 saturated heterocycles. The Bertz CT molecular complexity index is 915. The molecule has 0 unspecified atom stereocenters. The first-order valence-corrected chi connectivity index (χ1v) is 12.1. The van der Waals surface area contributed by atoms with E-state index in [1.54, 1.807) is 6.07 Å². The molecular formula is C25H35N3O5. The van der Waals surface area contributed by atoms with E-state index >= 15 is 0 Å². The topological polar surface area (TPSA) is 77.3 Å². The number of benzene rings is 1. The van der Waals surface area contributed by atoms with Crippen LogP contribution in [0.15, 0.2) is 28.8 Å². The van der Waals surface area contributed by atoms with Crippen molar-refractivity contribution >= 4 is 5.91 Å². The number of fused-ring (bicyclic) bond motifs is 2. The van der Waals surface area contributed by atoms with E-state index in [0.29, 0.717) is 45.2 Å². The average Bonchev–Trinajstić information content (AvgIpc) is 3.46. The third kappa shape index (κ3) is 5.86. The fraction of sp³-hybridized carbons (Fsp3) is 0.600. The van der Waals surface area contributed by atoms with E-state index in [1.807, 2.05) is 24.0 Å². The second-order valence-electron chi connectivity index (χ2n) is 8.58. The zero-order chi connectivity index (χ0) is 23.0. The van der Waals surface area contributed by atoms with Crippen molar-refractivity contribution in [3.63, 3.8) is 0 Å². The Balaban J connectivity index is 1.55. The van der Waals surface area contributed by atoms with Crippen LogP contribution in [0, 0.1) is 0 Å². The fourth-order valence-corrected chi connectivity index (χ4v) is 4.60. The molecule has 1 atom stereocenters. The zero-order valence-electron chi connectivity index (χ0n) is 19.8. The zero-order valence-corrected chi connectivity index (χ0v) is 19.8. The summed E-state index contributed by atoms with van der Waals surface area (Å²) in [6.07, 6.45) is 3.88. The quantitative estimate of drug-likeness (QED) is 0.680. The fourth-order valence-electron chi connectivity index (χ4n) is 4.60. The summed E-state index contributed by atoms with van der Waals surface area (Å²) in [5.41, 5.74) is 1.48. The standard InChI is InChI=1S/C25H35N3O5/c1-3-7-21-16-22(26-33-21)25(29)28-12-13-30-14-15-32-24-19(8-5-10-23(24)31-4-2)17-27-11-6-9-20(27)18-28/h5,8,10,16,20H,3-4,6-7,9,11-15,17-18H2,1-2H3/t20-/m0/s1. The molecule has 33 heavy (non-hydrogen) atoms. The number of hydrogen-bond acceptors (Lipinski definition) is 7. The lowest BCUT2D eigenvalue weighted by atomic mass is 10.1. The number of aromatic nitrogens is 1. The van der Waals surface area contributed by atoms with Gasteiger partial charge < -0.3 is 23.6 Å². The Morgan fingerprint density at radius 2 is 2.12 bits per heavy atom. The van der Waals surface area contributed by atoms with Gasteiger partial charge in [-0.15, -0.1) is 0 Å². The summed E-state index contributed by atoms with van der Waals surface area (Å²) < 4.78 is 23.1. The number of nitrogens with zero attached hydrogens (tertiary/aromatic N) is 3. The van der Waals surface area contributed by atoms with Crippen LogP contribution in [0.3, 0.4) is 0 Å². The molecule has 8 nitrogen and oxygen atoms in total. The van der Waals surface area contributed by atoms with Crippen LogP contribution in [0.1, 0.15) is 54.9 Å². The highest BCUT2D eigenvalue weighted by Crippen LogP contribution is 2.34. The molecule has 0 N–H and O–H groups in total. The van der Waals surface area contributed by atoms with E-state index in [4.69, 9.17) is 18.7 Å². The number of para-hydroxylation sites is 1. The van der Waals surface area contributed by atoms with Crippen molar-refractivity contribution in [2.75, 3.05) is 46.1 Å². The molecule has 4 rings (SSSR count). The second-order valence-corrected chi connectivity index (χ2v) is 8.58. The lowest BCUT2D eigenvalue weighted by molar-refractivity contribution is 0.0531. The van der Waals surface area contributed by atoms with Gasteiger partial charge in [0.1, 0.15) is 12.4 Å². The molecular weight excluding hydrogens is 422 g/mol. The SMILES string of the molecule is CCCc1cc(C(=O)N2CCOCCOc3c(cccc3OCC)CN3CCC[C@H]3C2)no1. The van der Waals surface area contributed by atoms with Gasteiger partial charge in [-0.1, -0.05) is 24.2 Å². The maximum Gasteiger partial charge on any atom is 0.276 e. The van der Waals surface area contributed by atoms with Crippen LogP contribution in [-0.2, 0) is 17.7 Å². The Morgan fingerprint density at radius 3 is 2.97 bits per heavy atom. The van der Waals surface area contributed by atoms with E-state index in [-0.39, 0.29) is 11.9 Å². The minimum absolute atomic E-state index is 0.0956. The molecule has 180 valence electrons. The van der Waals surface area contributed by atoms with Crippen LogP contribution in [0.4, 0.5) is 0 Å². The van der Waals surface area contributed by atoms with Crippen LogP contribution in [0.5, 0.6) is 11.5 Å². The molecule has 0 radical (unpaired) electrons. The molecule has 2 aromatic rings. The molecule has 1 amide bonds. The molecule has 0 aliphatic carbocycles. The molecule has 8 heteroatoms. The minimum atomic E-state index is -0.0956.